The van der Waals surface area contributed by atoms with Gasteiger partial charge in [0, 0.05) is 25.7 Å². The van der Waals surface area contributed by atoms with E-state index in [0.29, 0.717) is 28.6 Å². The van der Waals surface area contributed by atoms with Gasteiger partial charge in [0.25, 0.3) is 11.8 Å². The molecule has 0 aliphatic rings. The van der Waals surface area contributed by atoms with Gasteiger partial charge in [-0.2, -0.15) is 0 Å². The van der Waals surface area contributed by atoms with Crippen LogP contribution in [0.3, 0.4) is 0 Å². The highest BCUT2D eigenvalue weighted by molar-refractivity contribution is 5.95. The highest BCUT2D eigenvalue weighted by Gasteiger charge is 2.16. The van der Waals surface area contributed by atoms with Crippen LogP contribution in [0.15, 0.2) is 35.2 Å². The molecule has 0 radical (unpaired) electrons. The number of imidazole rings is 1. The molecule has 1 amide bonds. The third-order valence-corrected chi connectivity index (χ3v) is 3.81. The van der Waals surface area contributed by atoms with E-state index in [1.165, 1.54) is 11.3 Å². The standard InChI is InChI=1S/C16H14N6O2/c1-9-6-11(16(23)21(2)3)19-14-10(9)4-5-13-18-12(7-22(13)14)15-20-17-8-24-15/h4-8H,1-3H3. The zero-order valence-corrected chi connectivity index (χ0v) is 13.4. The van der Waals surface area contributed by atoms with Crippen molar-refractivity contribution < 1.29 is 9.21 Å². The van der Waals surface area contributed by atoms with Crippen LogP contribution in [-0.2, 0) is 0 Å². The average molecular weight is 322 g/mol. The molecule has 0 N–H and O–H groups in total. The van der Waals surface area contributed by atoms with E-state index in [1.54, 1.807) is 26.4 Å². The van der Waals surface area contributed by atoms with Gasteiger partial charge in [-0.05, 0) is 30.7 Å². The predicted molar refractivity (Wildman–Crippen MR) is 86.5 cm³/mol. The Labute approximate surface area is 136 Å². The van der Waals surface area contributed by atoms with E-state index in [-0.39, 0.29) is 5.91 Å². The van der Waals surface area contributed by atoms with Gasteiger partial charge in [-0.1, -0.05) is 0 Å². The number of aromatic nitrogens is 5. The molecule has 0 unspecified atom stereocenters. The van der Waals surface area contributed by atoms with Crippen molar-refractivity contribution in [2.75, 3.05) is 14.1 Å². The number of pyridine rings is 2. The second-order valence-corrected chi connectivity index (χ2v) is 5.69. The fraction of sp³-hybridized carbons (Fsp3) is 0.188. The summed E-state index contributed by atoms with van der Waals surface area (Å²) >= 11 is 0. The molecule has 0 aliphatic carbocycles. The van der Waals surface area contributed by atoms with Gasteiger partial charge in [0.05, 0.1) is 0 Å². The molecule has 4 aromatic rings. The lowest BCUT2D eigenvalue weighted by Gasteiger charge is -2.12. The molecule has 4 heterocycles. The molecule has 4 aromatic heterocycles. The topological polar surface area (TPSA) is 89.4 Å². The van der Waals surface area contributed by atoms with E-state index in [2.05, 4.69) is 20.2 Å². The second-order valence-electron chi connectivity index (χ2n) is 5.69. The molecule has 0 saturated carbocycles. The van der Waals surface area contributed by atoms with Crippen LogP contribution in [0.25, 0.3) is 28.3 Å². The fourth-order valence-electron chi connectivity index (χ4n) is 2.62. The maximum absolute atomic E-state index is 12.3. The summed E-state index contributed by atoms with van der Waals surface area (Å²) in [7, 11) is 3.41. The van der Waals surface area contributed by atoms with Crippen molar-refractivity contribution in [1.29, 1.82) is 0 Å². The minimum absolute atomic E-state index is 0.144. The number of rotatable bonds is 2. The molecule has 120 valence electrons. The van der Waals surface area contributed by atoms with Gasteiger partial charge < -0.3 is 9.32 Å². The number of hydrogen-bond acceptors (Lipinski definition) is 6. The first-order chi connectivity index (χ1) is 11.5. The number of carbonyl (C=O) groups is 1. The Kier molecular flexibility index (Phi) is 3.05. The zero-order valence-electron chi connectivity index (χ0n) is 13.4. The first-order valence-corrected chi connectivity index (χ1v) is 7.32. The lowest BCUT2D eigenvalue weighted by atomic mass is 10.1. The van der Waals surface area contributed by atoms with Gasteiger partial charge >= 0.3 is 0 Å². The fourth-order valence-corrected chi connectivity index (χ4v) is 2.62. The third kappa shape index (κ3) is 2.11. The smallest absolute Gasteiger partial charge is 0.272 e. The normalized spacial score (nSPS) is 11.3. The SMILES string of the molecule is Cc1cc(C(=O)N(C)C)nc2c1ccc1nc(-c3nnco3)cn12. The summed E-state index contributed by atoms with van der Waals surface area (Å²) in [5.41, 5.74) is 3.28. The number of fused-ring (bicyclic) bond motifs is 3. The Morgan fingerprint density at radius 2 is 2.08 bits per heavy atom. The lowest BCUT2D eigenvalue weighted by molar-refractivity contribution is 0.0822. The van der Waals surface area contributed by atoms with E-state index in [9.17, 15) is 4.79 Å². The van der Waals surface area contributed by atoms with E-state index in [4.69, 9.17) is 4.42 Å². The van der Waals surface area contributed by atoms with Crippen molar-refractivity contribution >= 4 is 22.6 Å². The number of nitrogens with zero attached hydrogens (tertiary/aromatic N) is 6. The Morgan fingerprint density at radius 1 is 1.25 bits per heavy atom. The van der Waals surface area contributed by atoms with E-state index in [0.717, 1.165) is 10.9 Å². The zero-order chi connectivity index (χ0) is 16.8. The van der Waals surface area contributed by atoms with Crippen LogP contribution in [0.4, 0.5) is 0 Å². The van der Waals surface area contributed by atoms with Crippen LogP contribution in [0.2, 0.25) is 0 Å². The summed E-state index contributed by atoms with van der Waals surface area (Å²) in [6.07, 6.45) is 3.04. The van der Waals surface area contributed by atoms with Gasteiger partial charge in [-0.3, -0.25) is 9.20 Å². The van der Waals surface area contributed by atoms with Crippen molar-refractivity contribution in [2.45, 2.75) is 6.92 Å². The minimum atomic E-state index is -0.144. The molecule has 0 atom stereocenters. The van der Waals surface area contributed by atoms with Crippen LogP contribution in [-0.4, -0.2) is 49.5 Å². The molecule has 0 aliphatic heterocycles. The average Bonchev–Trinajstić information content (AvgIpc) is 3.22. The quantitative estimate of drug-likeness (QED) is 0.560. The Bertz CT molecular complexity index is 1070. The highest BCUT2D eigenvalue weighted by Crippen LogP contribution is 2.23. The van der Waals surface area contributed by atoms with Crippen molar-refractivity contribution in [3.8, 4) is 11.6 Å². The molecule has 0 fully saturated rings. The maximum Gasteiger partial charge on any atom is 0.272 e. The first kappa shape index (κ1) is 14.3. The number of aryl methyl sites for hydroxylation is 1. The largest absolute Gasteiger partial charge is 0.422 e. The van der Waals surface area contributed by atoms with Crippen LogP contribution in [0.5, 0.6) is 0 Å². The molecule has 0 bridgehead atoms. The van der Waals surface area contributed by atoms with Gasteiger partial charge in [-0.15, -0.1) is 10.2 Å². The van der Waals surface area contributed by atoms with E-state index >= 15 is 0 Å². The van der Waals surface area contributed by atoms with Crippen molar-refractivity contribution in [3.05, 3.63) is 42.0 Å². The van der Waals surface area contributed by atoms with E-state index in [1.807, 2.05) is 23.5 Å². The molecule has 0 saturated heterocycles. The molecule has 0 spiro atoms. The predicted octanol–water partition coefficient (Wildman–Crippen LogP) is 1.94. The van der Waals surface area contributed by atoms with Gasteiger partial charge in [0.15, 0.2) is 0 Å². The van der Waals surface area contributed by atoms with Gasteiger partial charge in [0.2, 0.25) is 6.39 Å². The summed E-state index contributed by atoms with van der Waals surface area (Å²) in [4.78, 5) is 22.8. The Morgan fingerprint density at radius 3 is 2.79 bits per heavy atom. The van der Waals surface area contributed by atoms with Crippen LogP contribution in [0, 0.1) is 6.92 Å². The molecule has 8 heteroatoms. The summed E-state index contributed by atoms with van der Waals surface area (Å²) < 4.78 is 7.03. The Balaban J connectivity index is 2.00. The van der Waals surface area contributed by atoms with Crippen LogP contribution in [0.1, 0.15) is 16.1 Å². The Hall–Kier alpha value is -3.29. The van der Waals surface area contributed by atoms with Crippen molar-refractivity contribution in [3.63, 3.8) is 0 Å². The van der Waals surface area contributed by atoms with Gasteiger partial charge in [0.1, 0.15) is 22.7 Å². The van der Waals surface area contributed by atoms with Crippen molar-refractivity contribution in [1.82, 2.24) is 29.5 Å². The maximum atomic E-state index is 12.3. The summed E-state index contributed by atoms with van der Waals surface area (Å²) in [6.45, 7) is 1.96. The van der Waals surface area contributed by atoms with Crippen LogP contribution < -0.4 is 0 Å². The molecule has 4 rings (SSSR count). The monoisotopic (exact) mass is 322 g/mol. The first-order valence-electron chi connectivity index (χ1n) is 7.32. The van der Waals surface area contributed by atoms with Crippen molar-refractivity contribution in [2.24, 2.45) is 0 Å². The second kappa shape index (κ2) is 5.12. The molecule has 0 aromatic carbocycles. The van der Waals surface area contributed by atoms with E-state index < -0.39 is 0 Å². The third-order valence-electron chi connectivity index (χ3n) is 3.81. The number of carbonyl (C=O) groups excluding carboxylic acids is 1. The number of hydrogen-bond donors (Lipinski definition) is 0. The molecule has 8 nitrogen and oxygen atoms in total. The summed E-state index contributed by atoms with van der Waals surface area (Å²) in [5, 5.41) is 8.50. The summed E-state index contributed by atoms with van der Waals surface area (Å²) in [6, 6.07) is 5.64. The highest BCUT2D eigenvalue weighted by atomic mass is 16.4. The molecule has 24 heavy (non-hydrogen) atoms. The lowest BCUT2D eigenvalue weighted by Crippen LogP contribution is -2.23. The van der Waals surface area contributed by atoms with Gasteiger partial charge in [-0.25, -0.2) is 9.97 Å². The van der Waals surface area contributed by atoms with Crippen LogP contribution >= 0.6 is 0 Å². The molecular weight excluding hydrogens is 308 g/mol. The molecular formula is C16H14N6O2. The summed E-state index contributed by atoms with van der Waals surface area (Å²) in [5.74, 6) is 0.193. The minimum Gasteiger partial charge on any atom is -0.422 e. The number of amides is 1.